The van der Waals surface area contributed by atoms with Gasteiger partial charge in [0.05, 0.1) is 0 Å². The molecule has 0 radical (unpaired) electrons. The van der Waals surface area contributed by atoms with Gasteiger partial charge < -0.3 is 10.1 Å². The highest BCUT2D eigenvalue weighted by Crippen LogP contribution is 2.62. The molecule has 0 bridgehead atoms. The van der Waals surface area contributed by atoms with Crippen molar-refractivity contribution in [1.82, 2.24) is 5.32 Å². The molecule has 0 aromatic heterocycles. The van der Waals surface area contributed by atoms with Crippen molar-refractivity contribution in [2.24, 2.45) is 23.2 Å². The Labute approximate surface area is 228 Å². The van der Waals surface area contributed by atoms with Crippen molar-refractivity contribution in [3.05, 3.63) is 65.2 Å². The number of ether oxygens (including phenoxy) is 1. The molecule has 0 spiro atoms. The number of benzene rings is 2. The van der Waals surface area contributed by atoms with Gasteiger partial charge in [0.1, 0.15) is 24.3 Å². The molecule has 0 heterocycles. The summed E-state index contributed by atoms with van der Waals surface area (Å²) in [6.07, 6.45) is 9.19. The molecule has 1 N–H and O–H groups in total. The van der Waals surface area contributed by atoms with Crippen LogP contribution in [-0.2, 0) is 17.8 Å². The summed E-state index contributed by atoms with van der Waals surface area (Å²) >= 11 is 0. The summed E-state index contributed by atoms with van der Waals surface area (Å²) in [5, 5.41) is 3.60. The lowest BCUT2D eigenvalue weighted by atomic mass is 9.51. The van der Waals surface area contributed by atoms with E-state index in [1.807, 2.05) is 24.3 Å². The van der Waals surface area contributed by atoms with E-state index >= 15 is 4.39 Å². The van der Waals surface area contributed by atoms with Gasteiger partial charge in [-0.15, -0.1) is 0 Å². The lowest BCUT2D eigenvalue weighted by Gasteiger charge is -2.53. The van der Waals surface area contributed by atoms with E-state index in [1.54, 1.807) is 0 Å². The van der Waals surface area contributed by atoms with E-state index in [0.29, 0.717) is 37.1 Å². The number of unbranched alkanes of at least 4 members (excludes halogenated alkanes) is 3. The minimum atomic E-state index is -0.957. The SMILES string of the molecule is CCCCCNCCCC[C@@H]1Cc2cc(OCc3ccccc3)ccc2[C@@H]2[C@@H]1[C@@H]1CCC(=O)[C@@]1(C)C[C@@H]2F. The van der Waals surface area contributed by atoms with Gasteiger partial charge in [-0.25, -0.2) is 4.39 Å². The maximum atomic E-state index is 16.1. The molecule has 4 heteroatoms. The molecule has 0 unspecified atom stereocenters. The quantitative estimate of drug-likeness (QED) is 0.291. The van der Waals surface area contributed by atoms with Gasteiger partial charge in [-0.2, -0.15) is 0 Å². The molecule has 2 saturated carbocycles. The largest absolute Gasteiger partial charge is 0.489 e. The van der Waals surface area contributed by atoms with Crippen LogP contribution in [0, 0.1) is 23.2 Å². The lowest BCUT2D eigenvalue weighted by Crippen LogP contribution is -2.50. The zero-order chi connectivity index (χ0) is 26.5. The summed E-state index contributed by atoms with van der Waals surface area (Å²) in [7, 11) is 0. The molecule has 3 aliphatic carbocycles. The third-order valence-corrected chi connectivity index (χ3v) is 9.91. The van der Waals surface area contributed by atoms with Gasteiger partial charge in [-0.05, 0) is 98.2 Å². The molecule has 2 aromatic carbocycles. The first kappa shape index (κ1) is 27.4. The second-order valence-electron chi connectivity index (χ2n) is 12.4. The molecule has 0 saturated heterocycles. The van der Waals surface area contributed by atoms with Crippen LogP contribution in [0.4, 0.5) is 4.39 Å². The van der Waals surface area contributed by atoms with Crippen LogP contribution in [-0.4, -0.2) is 25.0 Å². The van der Waals surface area contributed by atoms with Crippen LogP contribution in [0.1, 0.15) is 94.2 Å². The molecule has 38 heavy (non-hydrogen) atoms. The molecule has 0 aliphatic heterocycles. The van der Waals surface area contributed by atoms with Crippen molar-refractivity contribution in [3.8, 4) is 5.75 Å². The third kappa shape index (κ3) is 5.71. The second kappa shape index (κ2) is 12.3. The van der Waals surface area contributed by atoms with E-state index in [2.05, 4.69) is 43.4 Å². The summed E-state index contributed by atoms with van der Waals surface area (Å²) in [4.78, 5) is 13.0. The van der Waals surface area contributed by atoms with Gasteiger partial charge >= 0.3 is 0 Å². The van der Waals surface area contributed by atoms with Gasteiger partial charge in [0, 0.05) is 17.8 Å². The molecule has 0 amide bonds. The van der Waals surface area contributed by atoms with Gasteiger partial charge in [-0.3, -0.25) is 4.79 Å². The second-order valence-corrected chi connectivity index (χ2v) is 12.4. The minimum absolute atomic E-state index is 0.0944. The van der Waals surface area contributed by atoms with Crippen molar-refractivity contribution in [2.45, 2.75) is 96.8 Å². The Morgan fingerprint density at radius 2 is 1.84 bits per heavy atom. The zero-order valence-corrected chi connectivity index (χ0v) is 23.4. The van der Waals surface area contributed by atoms with Crippen LogP contribution < -0.4 is 10.1 Å². The first-order valence-corrected chi connectivity index (χ1v) is 15.2. The van der Waals surface area contributed by atoms with Crippen molar-refractivity contribution >= 4 is 5.78 Å². The Bertz CT molecular complexity index is 1070. The fourth-order valence-electron chi connectivity index (χ4n) is 7.94. The predicted octanol–water partition coefficient (Wildman–Crippen LogP) is 7.82. The van der Waals surface area contributed by atoms with Gasteiger partial charge in [-0.1, -0.05) is 69.5 Å². The molecule has 6 atom stereocenters. The van der Waals surface area contributed by atoms with Gasteiger partial charge in [0.25, 0.3) is 0 Å². The average Bonchev–Trinajstić information content (AvgIpc) is 3.22. The zero-order valence-electron chi connectivity index (χ0n) is 23.4. The highest BCUT2D eigenvalue weighted by atomic mass is 19.1. The number of halogens is 1. The number of nitrogens with one attached hydrogen (secondary N) is 1. The van der Waals surface area contributed by atoms with Crippen LogP contribution in [0.15, 0.2) is 48.5 Å². The summed E-state index contributed by atoms with van der Waals surface area (Å²) in [5.41, 5.74) is 3.10. The topological polar surface area (TPSA) is 38.3 Å². The van der Waals surface area contributed by atoms with Crippen molar-refractivity contribution in [3.63, 3.8) is 0 Å². The Morgan fingerprint density at radius 3 is 2.63 bits per heavy atom. The van der Waals surface area contributed by atoms with E-state index < -0.39 is 11.6 Å². The van der Waals surface area contributed by atoms with Gasteiger partial charge in [0.2, 0.25) is 0 Å². The predicted molar refractivity (Wildman–Crippen MR) is 152 cm³/mol. The summed E-state index contributed by atoms with van der Waals surface area (Å²) in [6, 6.07) is 16.6. The van der Waals surface area contributed by atoms with E-state index in [0.717, 1.165) is 56.5 Å². The fourth-order valence-corrected chi connectivity index (χ4v) is 7.94. The fraction of sp³-hybridized carbons (Fsp3) is 0.618. The number of carbonyl (C=O) groups excluding carboxylic acids is 1. The number of carbonyl (C=O) groups is 1. The standard InChI is InChI=1S/C34H46FNO2/c1-3-4-9-18-36-19-10-8-13-25-20-26-21-27(38-23-24-11-6-5-7-12-24)14-15-28(26)33-30(35)22-34(2)29(32(25)33)16-17-31(34)37/h5-7,11-12,14-15,21,25,29-30,32-33,36H,3-4,8-10,13,16-20,22-23H2,1-2H3/t25-,29+,30+,32+,33+,34+/m1/s1. The first-order chi connectivity index (χ1) is 18.5. The monoisotopic (exact) mass is 519 g/mol. The van der Waals surface area contributed by atoms with E-state index in [-0.39, 0.29) is 11.8 Å². The summed E-state index contributed by atoms with van der Waals surface area (Å²) < 4.78 is 22.3. The maximum absolute atomic E-state index is 16.1. The highest BCUT2D eigenvalue weighted by molar-refractivity contribution is 5.87. The summed E-state index contributed by atoms with van der Waals surface area (Å²) in [5.74, 6) is 2.07. The van der Waals surface area contributed by atoms with Crippen LogP contribution in [0.5, 0.6) is 5.75 Å². The van der Waals surface area contributed by atoms with E-state index in [1.165, 1.54) is 30.4 Å². The number of rotatable bonds is 12. The molecule has 2 fully saturated rings. The van der Waals surface area contributed by atoms with Crippen LogP contribution in [0.3, 0.4) is 0 Å². The smallest absolute Gasteiger partial charge is 0.139 e. The molecule has 5 rings (SSSR count). The highest BCUT2D eigenvalue weighted by Gasteiger charge is 2.60. The average molecular weight is 520 g/mol. The molecule has 3 nitrogen and oxygen atoms in total. The number of alkyl halides is 1. The molecule has 206 valence electrons. The Hall–Kier alpha value is -2.20. The number of hydrogen-bond donors (Lipinski definition) is 1. The van der Waals surface area contributed by atoms with Crippen LogP contribution in [0.2, 0.25) is 0 Å². The molecular formula is C34H46FNO2. The number of Topliss-reactive ketones (excluding diaryl/α,β-unsaturated/α-hetero) is 1. The van der Waals surface area contributed by atoms with Crippen LogP contribution in [0.25, 0.3) is 0 Å². The number of ketones is 1. The maximum Gasteiger partial charge on any atom is 0.139 e. The van der Waals surface area contributed by atoms with Gasteiger partial charge in [0.15, 0.2) is 0 Å². The lowest BCUT2D eigenvalue weighted by molar-refractivity contribution is -0.132. The molecule has 2 aromatic rings. The normalized spacial score (nSPS) is 30.0. The summed E-state index contributed by atoms with van der Waals surface area (Å²) in [6.45, 7) is 7.01. The van der Waals surface area contributed by atoms with Crippen molar-refractivity contribution in [1.29, 1.82) is 0 Å². The Morgan fingerprint density at radius 1 is 1.05 bits per heavy atom. The van der Waals surface area contributed by atoms with Crippen LogP contribution >= 0.6 is 0 Å². The number of fused-ring (bicyclic) bond motifs is 5. The molecular weight excluding hydrogens is 473 g/mol. The third-order valence-electron chi connectivity index (χ3n) is 9.91. The van der Waals surface area contributed by atoms with Crippen molar-refractivity contribution < 1.29 is 13.9 Å². The Balaban J connectivity index is 1.32. The van der Waals surface area contributed by atoms with E-state index in [4.69, 9.17) is 4.74 Å². The van der Waals surface area contributed by atoms with E-state index in [9.17, 15) is 4.79 Å². The number of hydrogen-bond acceptors (Lipinski definition) is 3. The first-order valence-electron chi connectivity index (χ1n) is 15.2. The minimum Gasteiger partial charge on any atom is -0.489 e. The Kier molecular flexibility index (Phi) is 8.88. The van der Waals surface area contributed by atoms with Crippen molar-refractivity contribution in [2.75, 3.05) is 13.1 Å². The molecule has 3 aliphatic rings.